The highest BCUT2D eigenvalue weighted by atomic mass is 19.1. The van der Waals surface area contributed by atoms with Gasteiger partial charge in [0.2, 0.25) is 0 Å². The third kappa shape index (κ3) is 3.64. The number of nitrogens with zero attached hydrogens (tertiary/aromatic N) is 2. The molecule has 0 radical (unpaired) electrons. The lowest BCUT2D eigenvalue weighted by atomic mass is 10.0. The van der Waals surface area contributed by atoms with Crippen LogP contribution in [0.15, 0.2) is 24.3 Å². The van der Waals surface area contributed by atoms with E-state index < -0.39 is 0 Å². The first kappa shape index (κ1) is 15.1. The lowest BCUT2D eigenvalue weighted by Gasteiger charge is -2.26. The van der Waals surface area contributed by atoms with Crippen molar-refractivity contribution in [1.82, 2.24) is 9.80 Å². The van der Waals surface area contributed by atoms with Crippen LogP contribution in [-0.2, 0) is 0 Å². The van der Waals surface area contributed by atoms with Crippen LogP contribution in [0, 0.1) is 11.7 Å². The topological polar surface area (TPSA) is 23.6 Å². The van der Waals surface area contributed by atoms with Crippen LogP contribution in [0.1, 0.15) is 23.7 Å². The Kier molecular flexibility index (Phi) is 4.89. The first-order valence-corrected chi connectivity index (χ1v) is 7.16. The number of ketones is 1. The van der Waals surface area contributed by atoms with Gasteiger partial charge in [0, 0.05) is 18.7 Å². The van der Waals surface area contributed by atoms with E-state index in [1.165, 1.54) is 18.6 Å². The van der Waals surface area contributed by atoms with Crippen LogP contribution in [0.2, 0.25) is 0 Å². The standard InChI is InChI=1S/C16H23FN2O/c1-12(16(20)14-4-6-15(17)7-5-14)19(3)11-13-8-9-18(2)10-13/h4-7,12-13H,8-11H2,1-3H3. The predicted octanol–water partition coefficient (Wildman–Crippen LogP) is 2.28. The largest absolute Gasteiger partial charge is 0.306 e. The third-order valence-corrected chi connectivity index (χ3v) is 4.20. The number of hydrogen-bond acceptors (Lipinski definition) is 3. The van der Waals surface area contributed by atoms with Crippen molar-refractivity contribution in [2.75, 3.05) is 33.7 Å². The molecule has 1 aromatic rings. The number of hydrogen-bond donors (Lipinski definition) is 0. The zero-order chi connectivity index (χ0) is 14.7. The van der Waals surface area contributed by atoms with E-state index in [1.807, 2.05) is 14.0 Å². The molecule has 0 saturated carbocycles. The molecule has 0 bridgehead atoms. The van der Waals surface area contributed by atoms with Gasteiger partial charge in [-0.25, -0.2) is 4.39 Å². The van der Waals surface area contributed by atoms with E-state index in [9.17, 15) is 9.18 Å². The lowest BCUT2D eigenvalue weighted by molar-refractivity contribution is 0.0853. The van der Waals surface area contributed by atoms with Gasteiger partial charge in [-0.05, 0) is 64.2 Å². The van der Waals surface area contributed by atoms with Crippen molar-refractivity contribution in [2.24, 2.45) is 5.92 Å². The molecule has 4 heteroatoms. The average molecular weight is 278 g/mol. The first-order chi connectivity index (χ1) is 9.47. The Labute approximate surface area is 120 Å². The number of Topliss-reactive ketones (excluding diaryl/α,β-unsaturated/α-hetero) is 1. The fraction of sp³-hybridized carbons (Fsp3) is 0.562. The second-order valence-corrected chi connectivity index (χ2v) is 5.90. The van der Waals surface area contributed by atoms with Crippen molar-refractivity contribution in [2.45, 2.75) is 19.4 Å². The fourth-order valence-electron chi connectivity index (χ4n) is 2.80. The Morgan fingerprint density at radius 2 is 2.10 bits per heavy atom. The monoisotopic (exact) mass is 278 g/mol. The second-order valence-electron chi connectivity index (χ2n) is 5.90. The molecule has 1 aromatic carbocycles. The van der Waals surface area contributed by atoms with Gasteiger partial charge >= 0.3 is 0 Å². The molecule has 3 nitrogen and oxygen atoms in total. The average Bonchev–Trinajstić information content (AvgIpc) is 2.83. The molecule has 1 fully saturated rings. The van der Waals surface area contributed by atoms with Gasteiger partial charge in [0.05, 0.1) is 6.04 Å². The van der Waals surface area contributed by atoms with Crippen LogP contribution < -0.4 is 0 Å². The molecule has 1 aliphatic rings. The zero-order valence-corrected chi connectivity index (χ0v) is 12.5. The molecule has 2 rings (SSSR count). The predicted molar refractivity (Wildman–Crippen MR) is 78.4 cm³/mol. The smallest absolute Gasteiger partial charge is 0.179 e. The van der Waals surface area contributed by atoms with E-state index in [2.05, 4.69) is 16.8 Å². The summed E-state index contributed by atoms with van der Waals surface area (Å²) in [4.78, 5) is 16.8. The van der Waals surface area contributed by atoms with Crippen molar-refractivity contribution in [3.05, 3.63) is 35.6 Å². The molecule has 0 spiro atoms. The van der Waals surface area contributed by atoms with Crippen LogP contribution in [-0.4, -0.2) is 55.4 Å². The van der Waals surface area contributed by atoms with Gasteiger partial charge in [-0.15, -0.1) is 0 Å². The minimum absolute atomic E-state index is 0.0545. The first-order valence-electron chi connectivity index (χ1n) is 7.16. The minimum Gasteiger partial charge on any atom is -0.306 e. The normalized spacial score (nSPS) is 21.4. The molecule has 0 aromatic heterocycles. The van der Waals surface area contributed by atoms with Gasteiger partial charge in [-0.2, -0.15) is 0 Å². The molecular weight excluding hydrogens is 255 g/mol. The number of benzene rings is 1. The fourth-order valence-corrected chi connectivity index (χ4v) is 2.80. The number of halogens is 1. The molecule has 20 heavy (non-hydrogen) atoms. The molecule has 1 aliphatic heterocycles. The Hall–Kier alpha value is -1.26. The van der Waals surface area contributed by atoms with E-state index in [-0.39, 0.29) is 17.6 Å². The molecule has 110 valence electrons. The van der Waals surface area contributed by atoms with Gasteiger partial charge in [-0.1, -0.05) is 0 Å². The van der Waals surface area contributed by atoms with Crippen LogP contribution in [0.3, 0.4) is 0 Å². The molecular formula is C16H23FN2O. The van der Waals surface area contributed by atoms with Crippen LogP contribution in [0.4, 0.5) is 4.39 Å². The van der Waals surface area contributed by atoms with E-state index in [4.69, 9.17) is 0 Å². The second kappa shape index (κ2) is 6.46. The summed E-state index contributed by atoms with van der Waals surface area (Å²) in [5.74, 6) is 0.379. The van der Waals surface area contributed by atoms with Crippen molar-refractivity contribution >= 4 is 5.78 Å². The number of carbonyl (C=O) groups is 1. The summed E-state index contributed by atoms with van der Waals surface area (Å²) in [6.45, 7) is 5.09. The van der Waals surface area contributed by atoms with Gasteiger partial charge in [0.15, 0.2) is 5.78 Å². The molecule has 2 atom stereocenters. The lowest BCUT2D eigenvalue weighted by Crippen LogP contribution is -2.39. The quantitative estimate of drug-likeness (QED) is 0.772. The highest BCUT2D eigenvalue weighted by Gasteiger charge is 2.25. The summed E-state index contributed by atoms with van der Waals surface area (Å²) in [7, 11) is 4.12. The van der Waals surface area contributed by atoms with Gasteiger partial charge in [-0.3, -0.25) is 9.69 Å². The van der Waals surface area contributed by atoms with E-state index >= 15 is 0 Å². The molecule has 2 unspecified atom stereocenters. The van der Waals surface area contributed by atoms with Crippen molar-refractivity contribution < 1.29 is 9.18 Å². The third-order valence-electron chi connectivity index (χ3n) is 4.20. The van der Waals surface area contributed by atoms with E-state index in [0.717, 1.165) is 19.6 Å². The van der Waals surface area contributed by atoms with Gasteiger partial charge in [0.1, 0.15) is 5.82 Å². The number of likely N-dealkylation sites (N-methyl/N-ethyl adjacent to an activating group) is 1. The molecule has 1 saturated heterocycles. The zero-order valence-electron chi connectivity index (χ0n) is 12.5. The summed E-state index contributed by atoms with van der Waals surface area (Å²) in [6, 6.07) is 5.63. The Balaban J connectivity index is 1.93. The maximum Gasteiger partial charge on any atom is 0.179 e. The summed E-state index contributed by atoms with van der Waals surface area (Å²) < 4.78 is 12.9. The maximum atomic E-state index is 12.9. The van der Waals surface area contributed by atoms with E-state index in [0.29, 0.717) is 11.5 Å². The Morgan fingerprint density at radius 3 is 2.65 bits per heavy atom. The number of carbonyl (C=O) groups excluding carboxylic acids is 1. The van der Waals surface area contributed by atoms with Gasteiger partial charge in [0.25, 0.3) is 0 Å². The highest BCUT2D eigenvalue weighted by Crippen LogP contribution is 2.17. The van der Waals surface area contributed by atoms with Crippen molar-refractivity contribution in [3.8, 4) is 0 Å². The number of likely N-dealkylation sites (tertiary alicyclic amines) is 1. The molecule has 0 aliphatic carbocycles. The van der Waals surface area contributed by atoms with Crippen LogP contribution in [0.5, 0.6) is 0 Å². The summed E-state index contributed by atoms with van der Waals surface area (Å²) in [5, 5.41) is 0. The SMILES string of the molecule is CC(C(=O)c1ccc(F)cc1)N(C)CC1CCN(C)C1. The molecule has 1 heterocycles. The van der Waals surface area contributed by atoms with Crippen molar-refractivity contribution in [1.29, 1.82) is 0 Å². The van der Waals surface area contributed by atoms with Crippen LogP contribution in [0.25, 0.3) is 0 Å². The maximum absolute atomic E-state index is 12.9. The highest BCUT2D eigenvalue weighted by molar-refractivity contribution is 5.99. The minimum atomic E-state index is -0.309. The Morgan fingerprint density at radius 1 is 1.45 bits per heavy atom. The molecule has 0 N–H and O–H groups in total. The summed E-state index contributed by atoms with van der Waals surface area (Å²) in [6.07, 6.45) is 1.19. The summed E-state index contributed by atoms with van der Waals surface area (Å²) >= 11 is 0. The van der Waals surface area contributed by atoms with Crippen molar-refractivity contribution in [3.63, 3.8) is 0 Å². The Bertz CT molecular complexity index is 460. The van der Waals surface area contributed by atoms with E-state index in [1.54, 1.807) is 12.1 Å². The number of rotatable bonds is 5. The summed E-state index contributed by atoms with van der Waals surface area (Å²) in [5.41, 5.74) is 0.578. The van der Waals surface area contributed by atoms with Gasteiger partial charge < -0.3 is 4.90 Å². The molecule has 0 amide bonds. The van der Waals surface area contributed by atoms with Crippen LogP contribution >= 0.6 is 0 Å².